The number of carbonyl (C=O) groups excluding carboxylic acids is 1. The number of hydrogen-bond donors (Lipinski definition) is 3. The van der Waals surface area contributed by atoms with Gasteiger partial charge in [0.05, 0.1) is 31.1 Å². The van der Waals surface area contributed by atoms with Crippen molar-refractivity contribution >= 4 is 22.6 Å². The lowest BCUT2D eigenvalue weighted by Crippen LogP contribution is -2.13. The number of halogens is 1. The van der Waals surface area contributed by atoms with Crippen LogP contribution in [0, 0.1) is 5.82 Å². The summed E-state index contributed by atoms with van der Waals surface area (Å²) in [6.07, 6.45) is 1.40. The predicted octanol–water partition coefficient (Wildman–Crippen LogP) is 2.46. The van der Waals surface area contributed by atoms with E-state index in [1.807, 2.05) is 0 Å². The van der Waals surface area contributed by atoms with Gasteiger partial charge in [-0.3, -0.25) is 4.79 Å². The number of fused-ring (bicyclic) bond motifs is 1. The fourth-order valence-electron chi connectivity index (χ4n) is 2.37. The Morgan fingerprint density at radius 1 is 1.39 bits per heavy atom. The quantitative estimate of drug-likeness (QED) is 0.690. The van der Waals surface area contributed by atoms with E-state index in [2.05, 4.69) is 15.3 Å². The minimum absolute atomic E-state index is 0.127. The van der Waals surface area contributed by atoms with Gasteiger partial charge in [0.1, 0.15) is 17.1 Å². The maximum Gasteiger partial charge on any atom is 0.258 e. The van der Waals surface area contributed by atoms with E-state index in [0.717, 1.165) is 6.07 Å². The highest BCUT2D eigenvalue weighted by Crippen LogP contribution is 2.24. The Labute approximate surface area is 130 Å². The molecule has 0 spiro atoms. The number of aliphatic hydroxyl groups is 1. The maximum absolute atomic E-state index is 13.6. The van der Waals surface area contributed by atoms with Gasteiger partial charge in [0.2, 0.25) is 0 Å². The van der Waals surface area contributed by atoms with Gasteiger partial charge >= 0.3 is 0 Å². The SMILES string of the molecule is COc1ccc(NC(=O)c2cc(F)cc3[nH]cnc23)cc1CO. The standard InChI is InChI=1S/C16H14FN3O3/c1-23-14-3-2-11(4-9(14)7-21)20-16(22)12-5-10(17)6-13-15(12)19-8-18-13/h2-6,8,21H,7H2,1H3,(H,18,19)(H,20,22). The molecule has 3 N–H and O–H groups in total. The second-order valence-electron chi connectivity index (χ2n) is 4.89. The molecule has 0 saturated carbocycles. The van der Waals surface area contributed by atoms with Crippen molar-refractivity contribution in [2.75, 3.05) is 12.4 Å². The third-order valence-electron chi connectivity index (χ3n) is 3.44. The van der Waals surface area contributed by atoms with Gasteiger partial charge in [-0.2, -0.15) is 0 Å². The first-order valence-corrected chi connectivity index (χ1v) is 6.84. The molecular formula is C16H14FN3O3. The molecule has 1 amide bonds. The molecule has 0 fully saturated rings. The number of H-pyrrole nitrogens is 1. The molecule has 118 valence electrons. The molecule has 0 bridgehead atoms. The van der Waals surface area contributed by atoms with E-state index in [0.29, 0.717) is 28.0 Å². The topological polar surface area (TPSA) is 87.2 Å². The van der Waals surface area contributed by atoms with Crippen molar-refractivity contribution in [3.63, 3.8) is 0 Å². The van der Waals surface area contributed by atoms with Crippen LogP contribution in [0.5, 0.6) is 5.75 Å². The van der Waals surface area contributed by atoms with Crippen LogP contribution in [-0.4, -0.2) is 28.1 Å². The Bertz CT molecular complexity index is 876. The lowest BCUT2D eigenvalue weighted by atomic mass is 10.1. The van der Waals surface area contributed by atoms with Crippen molar-refractivity contribution in [2.24, 2.45) is 0 Å². The molecule has 7 heteroatoms. The Hall–Kier alpha value is -2.93. The lowest BCUT2D eigenvalue weighted by molar-refractivity contribution is 0.102. The van der Waals surface area contributed by atoms with E-state index in [1.54, 1.807) is 18.2 Å². The number of ether oxygens (including phenoxy) is 1. The summed E-state index contributed by atoms with van der Waals surface area (Å²) < 4.78 is 18.7. The molecule has 3 aromatic rings. The number of anilines is 1. The van der Waals surface area contributed by atoms with Crippen molar-refractivity contribution in [3.05, 3.63) is 53.6 Å². The fourth-order valence-corrected chi connectivity index (χ4v) is 2.37. The number of amides is 1. The number of imidazole rings is 1. The highest BCUT2D eigenvalue weighted by atomic mass is 19.1. The van der Waals surface area contributed by atoms with Gasteiger partial charge < -0.3 is 20.1 Å². The Kier molecular flexibility index (Phi) is 3.94. The van der Waals surface area contributed by atoms with Gasteiger partial charge in [0.25, 0.3) is 5.91 Å². The Morgan fingerprint density at radius 3 is 2.96 bits per heavy atom. The van der Waals surface area contributed by atoms with Crippen LogP contribution in [0.2, 0.25) is 0 Å². The molecule has 6 nitrogen and oxygen atoms in total. The van der Waals surface area contributed by atoms with Crippen molar-refractivity contribution in [2.45, 2.75) is 6.61 Å². The number of aromatic amines is 1. The Balaban J connectivity index is 1.93. The molecule has 2 aromatic carbocycles. The summed E-state index contributed by atoms with van der Waals surface area (Å²) in [5.74, 6) is -0.501. The average Bonchev–Trinajstić information content (AvgIpc) is 3.01. The summed E-state index contributed by atoms with van der Waals surface area (Å²) in [5, 5.41) is 12.0. The lowest BCUT2D eigenvalue weighted by Gasteiger charge is -2.10. The number of carbonyl (C=O) groups is 1. The smallest absolute Gasteiger partial charge is 0.258 e. The third-order valence-corrected chi connectivity index (χ3v) is 3.44. The van der Waals surface area contributed by atoms with Gasteiger partial charge in [0.15, 0.2) is 0 Å². The highest BCUT2D eigenvalue weighted by molar-refractivity contribution is 6.11. The second kappa shape index (κ2) is 6.05. The summed E-state index contributed by atoms with van der Waals surface area (Å²) in [6.45, 7) is -0.226. The van der Waals surface area contributed by atoms with Crippen LogP contribution in [0.1, 0.15) is 15.9 Å². The van der Waals surface area contributed by atoms with Gasteiger partial charge in [-0.25, -0.2) is 9.37 Å². The molecule has 0 saturated heterocycles. The van der Waals surface area contributed by atoms with Crippen LogP contribution in [0.15, 0.2) is 36.7 Å². The maximum atomic E-state index is 13.6. The first kappa shape index (κ1) is 15.0. The molecule has 3 rings (SSSR count). The number of benzene rings is 2. The van der Waals surface area contributed by atoms with E-state index in [1.165, 1.54) is 19.5 Å². The van der Waals surface area contributed by atoms with Crippen molar-refractivity contribution in [3.8, 4) is 5.75 Å². The van der Waals surface area contributed by atoms with Gasteiger partial charge in [-0.05, 0) is 30.3 Å². The monoisotopic (exact) mass is 315 g/mol. The first-order chi connectivity index (χ1) is 11.1. The van der Waals surface area contributed by atoms with E-state index >= 15 is 0 Å². The zero-order chi connectivity index (χ0) is 16.4. The number of rotatable bonds is 4. The number of hydrogen-bond acceptors (Lipinski definition) is 4. The molecule has 1 aromatic heterocycles. The van der Waals surface area contributed by atoms with Crippen molar-refractivity contribution in [1.29, 1.82) is 0 Å². The van der Waals surface area contributed by atoms with Crippen molar-refractivity contribution in [1.82, 2.24) is 9.97 Å². The number of aromatic nitrogens is 2. The fraction of sp³-hybridized carbons (Fsp3) is 0.125. The van der Waals surface area contributed by atoms with Gasteiger partial charge in [0, 0.05) is 11.3 Å². The molecule has 1 heterocycles. The average molecular weight is 315 g/mol. The molecule has 0 unspecified atom stereocenters. The van der Waals surface area contributed by atoms with Crippen LogP contribution in [0.4, 0.5) is 10.1 Å². The van der Waals surface area contributed by atoms with E-state index < -0.39 is 11.7 Å². The highest BCUT2D eigenvalue weighted by Gasteiger charge is 2.15. The summed E-state index contributed by atoms with van der Waals surface area (Å²) in [4.78, 5) is 19.2. The molecule has 0 aliphatic heterocycles. The minimum atomic E-state index is -0.530. The van der Waals surface area contributed by atoms with Crippen LogP contribution < -0.4 is 10.1 Å². The number of nitrogens with one attached hydrogen (secondary N) is 2. The zero-order valence-electron chi connectivity index (χ0n) is 12.3. The normalized spacial score (nSPS) is 10.7. The summed E-state index contributed by atoms with van der Waals surface area (Å²) in [6, 6.07) is 7.27. The largest absolute Gasteiger partial charge is 0.496 e. The van der Waals surface area contributed by atoms with Crippen molar-refractivity contribution < 1.29 is 19.0 Å². The van der Waals surface area contributed by atoms with Gasteiger partial charge in [-0.1, -0.05) is 0 Å². The summed E-state index contributed by atoms with van der Waals surface area (Å²) >= 11 is 0. The molecule has 23 heavy (non-hydrogen) atoms. The van der Waals surface area contributed by atoms with E-state index in [-0.39, 0.29) is 12.2 Å². The molecule has 0 aliphatic rings. The molecular weight excluding hydrogens is 301 g/mol. The van der Waals surface area contributed by atoms with Crippen LogP contribution in [0.3, 0.4) is 0 Å². The third kappa shape index (κ3) is 2.86. The number of nitrogens with zero attached hydrogens (tertiary/aromatic N) is 1. The second-order valence-corrected chi connectivity index (χ2v) is 4.89. The van der Waals surface area contributed by atoms with Gasteiger partial charge in [-0.15, -0.1) is 0 Å². The van der Waals surface area contributed by atoms with E-state index in [9.17, 15) is 14.3 Å². The number of methoxy groups -OCH3 is 1. The van der Waals surface area contributed by atoms with E-state index in [4.69, 9.17) is 4.74 Å². The predicted molar refractivity (Wildman–Crippen MR) is 82.9 cm³/mol. The number of aliphatic hydroxyl groups excluding tert-OH is 1. The Morgan fingerprint density at radius 2 is 2.22 bits per heavy atom. The molecule has 0 aliphatic carbocycles. The molecule has 0 radical (unpaired) electrons. The van der Waals surface area contributed by atoms with Crippen LogP contribution in [-0.2, 0) is 6.61 Å². The van der Waals surface area contributed by atoms with Crippen LogP contribution in [0.25, 0.3) is 11.0 Å². The minimum Gasteiger partial charge on any atom is -0.496 e. The first-order valence-electron chi connectivity index (χ1n) is 6.84. The summed E-state index contributed by atoms with van der Waals surface area (Å²) in [7, 11) is 1.49. The zero-order valence-corrected chi connectivity index (χ0v) is 12.3. The summed E-state index contributed by atoms with van der Waals surface area (Å²) in [5.41, 5.74) is 1.96. The molecule has 0 atom stereocenters. The van der Waals surface area contributed by atoms with Crippen LogP contribution >= 0.6 is 0 Å².